The monoisotopic (exact) mass is 399 g/mol. The van der Waals surface area contributed by atoms with Crippen molar-refractivity contribution in [2.75, 3.05) is 11.9 Å². The molecule has 7 nitrogen and oxygen atoms in total. The molecule has 2 aromatic heterocycles. The number of rotatable bonds is 6. The summed E-state index contributed by atoms with van der Waals surface area (Å²) in [5.74, 6) is 0.322. The van der Waals surface area contributed by atoms with Crippen LogP contribution in [0, 0.1) is 0 Å². The number of para-hydroxylation sites is 3. The minimum Gasteiger partial charge on any atom is -0.345 e. The van der Waals surface area contributed by atoms with Crippen LogP contribution in [0.15, 0.2) is 79.1 Å². The summed E-state index contributed by atoms with van der Waals surface area (Å²) >= 11 is 0. The zero-order chi connectivity index (χ0) is 20.9. The highest BCUT2D eigenvalue weighted by molar-refractivity contribution is 5.94. The molecule has 0 atom stereocenters. The van der Waals surface area contributed by atoms with Gasteiger partial charge in [-0.25, -0.2) is 4.98 Å². The number of pyridine rings is 1. The van der Waals surface area contributed by atoms with Crippen LogP contribution in [-0.2, 0) is 17.9 Å². The lowest BCUT2D eigenvalue weighted by Crippen LogP contribution is -2.31. The molecule has 150 valence electrons. The molecule has 0 bridgehead atoms. The fourth-order valence-electron chi connectivity index (χ4n) is 3.24. The summed E-state index contributed by atoms with van der Waals surface area (Å²) in [5.41, 5.74) is 2.97. The third-order valence-electron chi connectivity index (χ3n) is 4.89. The SMILES string of the molecule is CN(C(=O)Cn1c(CNC(=O)c2ccncc2)nc2ccccc21)c1ccccc1. The van der Waals surface area contributed by atoms with Crippen LogP contribution in [0.3, 0.4) is 0 Å². The average molecular weight is 399 g/mol. The van der Waals surface area contributed by atoms with Gasteiger partial charge in [-0.3, -0.25) is 14.6 Å². The third kappa shape index (κ3) is 4.05. The van der Waals surface area contributed by atoms with Gasteiger partial charge < -0.3 is 14.8 Å². The van der Waals surface area contributed by atoms with E-state index in [2.05, 4.69) is 15.3 Å². The van der Waals surface area contributed by atoms with Crippen molar-refractivity contribution in [3.63, 3.8) is 0 Å². The Morgan fingerprint density at radius 2 is 1.67 bits per heavy atom. The van der Waals surface area contributed by atoms with Gasteiger partial charge in [0.05, 0.1) is 17.6 Å². The first-order valence-electron chi connectivity index (χ1n) is 9.57. The molecular formula is C23H21N5O2. The van der Waals surface area contributed by atoms with Crippen LogP contribution in [0.25, 0.3) is 11.0 Å². The van der Waals surface area contributed by atoms with E-state index in [1.165, 1.54) is 0 Å². The van der Waals surface area contributed by atoms with Crippen LogP contribution in [0.2, 0.25) is 0 Å². The first-order chi connectivity index (χ1) is 14.6. The van der Waals surface area contributed by atoms with E-state index in [1.807, 2.05) is 59.2 Å². The van der Waals surface area contributed by atoms with Crippen molar-refractivity contribution in [3.05, 3.63) is 90.5 Å². The fraction of sp³-hybridized carbons (Fsp3) is 0.130. The van der Waals surface area contributed by atoms with E-state index >= 15 is 0 Å². The van der Waals surface area contributed by atoms with E-state index in [0.29, 0.717) is 11.4 Å². The maximum absolute atomic E-state index is 12.9. The van der Waals surface area contributed by atoms with Crippen molar-refractivity contribution in [1.82, 2.24) is 19.9 Å². The molecule has 4 aromatic rings. The second kappa shape index (κ2) is 8.57. The van der Waals surface area contributed by atoms with Gasteiger partial charge in [-0.05, 0) is 36.4 Å². The first-order valence-corrected chi connectivity index (χ1v) is 9.57. The van der Waals surface area contributed by atoms with Crippen molar-refractivity contribution in [2.45, 2.75) is 13.1 Å². The predicted octanol–water partition coefficient (Wildman–Crippen LogP) is 3.02. The quantitative estimate of drug-likeness (QED) is 0.540. The molecule has 4 rings (SSSR count). The minimum atomic E-state index is -0.219. The maximum atomic E-state index is 12.9. The lowest BCUT2D eigenvalue weighted by atomic mass is 10.2. The highest BCUT2D eigenvalue weighted by Gasteiger charge is 2.17. The Kier molecular flexibility index (Phi) is 5.52. The number of likely N-dealkylation sites (N-methyl/N-ethyl adjacent to an activating group) is 1. The van der Waals surface area contributed by atoms with Crippen LogP contribution in [0.1, 0.15) is 16.2 Å². The predicted molar refractivity (Wildman–Crippen MR) is 115 cm³/mol. The number of carbonyl (C=O) groups is 2. The van der Waals surface area contributed by atoms with Gasteiger partial charge in [0.1, 0.15) is 12.4 Å². The van der Waals surface area contributed by atoms with Crippen molar-refractivity contribution in [2.24, 2.45) is 0 Å². The molecule has 2 heterocycles. The van der Waals surface area contributed by atoms with Gasteiger partial charge in [0.2, 0.25) is 5.91 Å². The Labute approximate surface area is 174 Å². The first kappa shape index (κ1) is 19.3. The number of nitrogens with one attached hydrogen (secondary N) is 1. The molecule has 0 radical (unpaired) electrons. The molecule has 0 unspecified atom stereocenters. The average Bonchev–Trinajstić information content (AvgIpc) is 3.15. The second-order valence-electron chi connectivity index (χ2n) is 6.81. The Hall–Kier alpha value is -4.00. The fourth-order valence-corrected chi connectivity index (χ4v) is 3.24. The Morgan fingerprint density at radius 1 is 0.967 bits per heavy atom. The topological polar surface area (TPSA) is 80.1 Å². The van der Waals surface area contributed by atoms with E-state index in [-0.39, 0.29) is 24.9 Å². The molecule has 0 aliphatic rings. The van der Waals surface area contributed by atoms with Gasteiger partial charge in [-0.1, -0.05) is 30.3 Å². The Morgan fingerprint density at radius 3 is 2.43 bits per heavy atom. The summed E-state index contributed by atoms with van der Waals surface area (Å²) in [6.45, 7) is 0.324. The molecule has 0 saturated heterocycles. The van der Waals surface area contributed by atoms with Crippen molar-refractivity contribution < 1.29 is 9.59 Å². The second-order valence-corrected chi connectivity index (χ2v) is 6.81. The summed E-state index contributed by atoms with van der Waals surface area (Å²) < 4.78 is 1.85. The highest BCUT2D eigenvalue weighted by Crippen LogP contribution is 2.18. The van der Waals surface area contributed by atoms with Gasteiger partial charge in [0, 0.05) is 30.7 Å². The lowest BCUT2D eigenvalue weighted by Gasteiger charge is -2.19. The van der Waals surface area contributed by atoms with Crippen LogP contribution >= 0.6 is 0 Å². The molecule has 0 aliphatic carbocycles. The van der Waals surface area contributed by atoms with Gasteiger partial charge in [0.25, 0.3) is 5.91 Å². The third-order valence-corrected chi connectivity index (χ3v) is 4.89. The molecule has 2 aromatic carbocycles. The maximum Gasteiger partial charge on any atom is 0.251 e. The summed E-state index contributed by atoms with van der Waals surface area (Å²) in [4.78, 5) is 35.5. The van der Waals surface area contributed by atoms with E-state index in [1.54, 1.807) is 36.5 Å². The number of hydrogen-bond donors (Lipinski definition) is 1. The Bertz CT molecular complexity index is 1170. The highest BCUT2D eigenvalue weighted by atomic mass is 16.2. The number of benzene rings is 2. The zero-order valence-electron chi connectivity index (χ0n) is 16.5. The standard InChI is InChI=1S/C23H21N5O2/c1-27(18-7-3-2-4-8-18)22(29)16-28-20-10-6-5-9-19(20)26-21(28)15-25-23(30)17-11-13-24-14-12-17/h2-14H,15-16H2,1H3,(H,25,30). The normalized spacial score (nSPS) is 10.7. The van der Waals surface area contributed by atoms with Crippen molar-refractivity contribution in [3.8, 4) is 0 Å². The van der Waals surface area contributed by atoms with Gasteiger partial charge >= 0.3 is 0 Å². The molecule has 0 aliphatic heterocycles. The van der Waals surface area contributed by atoms with Crippen molar-refractivity contribution >= 4 is 28.5 Å². The van der Waals surface area contributed by atoms with Crippen LogP contribution in [-0.4, -0.2) is 33.4 Å². The van der Waals surface area contributed by atoms with E-state index in [9.17, 15) is 9.59 Å². The minimum absolute atomic E-state index is 0.0777. The summed E-state index contributed by atoms with van der Waals surface area (Å²) in [7, 11) is 1.75. The number of anilines is 1. The molecular weight excluding hydrogens is 378 g/mol. The van der Waals surface area contributed by atoms with Crippen LogP contribution in [0.4, 0.5) is 5.69 Å². The number of hydrogen-bond acceptors (Lipinski definition) is 4. The number of imidazole rings is 1. The lowest BCUT2D eigenvalue weighted by molar-refractivity contribution is -0.118. The summed E-state index contributed by atoms with van der Waals surface area (Å²) in [6.07, 6.45) is 3.14. The van der Waals surface area contributed by atoms with Crippen molar-refractivity contribution in [1.29, 1.82) is 0 Å². The number of nitrogens with zero attached hydrogens (tertiary/aromatic N) is 4. The smallest absolute Gasteiger partial charge is 0.251 e. The number of carbonyl (C=O) groups excluding carboxylic acids is 2. The number of fused-ring (bicyclic) bond motifs is 1. The largest absolute Gasteiger partial charge is 0.345 e. The molecule has 0 spiro atoms. The molecule has 0 fully saturated rings. The van der Waals surface area contributed by atoms with E-state index in [0.717, 1.165) is 16.7 Å². The van der Waals surface area contributed by atoms with Crippen LogP contribution in [0.5, 0.6) is 0 Å². The molecule has 30 heavy (non-hydrogen) atoms. The van der Waals surface area contributed by atoms with Crippen LogP contribution < -0.4 is 10.2 Å². The summed E-state index contributed by atoms with van der Waals surface area (Å²) in [6, 6.07) is 20.4. The number of amides is 2. The zero-order valence-corrected chi connectivity index (χ0v) is 16.5. The Balaban J connectivity index is 1.57. The molecule has 7 heteroatoms. The number of aromatic nitrogens is 3. The molecule has 2 amide bonds. The van der Waals surface area contributed by atoms with Gasteiger partial charge in [-0.15, -0.1) is 0 Å². The summed E-state index contributed by atoms with van der Waals surface area (Å²) in [5, 5.41) is 2.88. The van der Waals surface area contributed by atoms with Gasteiger partial charge in [0.15, 0.2) is 0 Å². The molecule has 0 saturated carbocycles. The van der Waals surface area contributed by atoms with E-state index < -0.39 is 0 Å². The van der Waals surface area contributed by atoms with E-state index in [4.69, 9.17) is 0 Å². The molecule has 1 N–H and O–H groups in total. The van der Waals surface area contributed by atoms with Gasteiger partial charge in [-0.2, -0.15) is 0 Å².